The molecular weight excluding hydrogens is 186 g/mol. The van der Waals surface area contributed by atoms with E-state index in [9.17, 15) is 10.4 Å². The summed E-state index contributed by atoms with van der Waals surface area (Å²) in [5.74, 6) is 0.878. The highest BCUT2D eigenvalue weighted by atomic mass is 16.3. The molecule has 86 valence electrons. The van der Waals surface area contributed by atoms with Crippen LogP contribution < -0.4 is 0 Å². The largest absolute Gasteiger partial charge is 0.391 e. The van der Waals surface area contributed by atoms with E-state index in [2.05, 4.69) is 26.8 Å². The van der Waals surface area contributed by atoms with Crippen LogP contribution in [0.25, 0.3) is 0 Å². The molecule has 1 aliphatic carbocycles. The summed E-state index contributed by atoms with van der Waals surface area (Å²) in [4.78, 5) is 0. The first-order valence-electron chi connectivity index (χ1n) is 6.19. The Bertz CT molecular complexity index is 241. The number of hydrogen-bond acceptors (Lipinski definition) is 2. The van der Waals surface area contributed by atoms with Crippen molar-refractivity contribution < 1.29 is 5.11 Å². The lowest BCUT2D eigenvalue weighted by Crippen LogP contribution is -2.37. The molecule has 0 radical (unpaired) electrons. The van der Waals surface area contributed by atoms with Gasteiger partial charge in [0.25, 0.3) is 0 Å². The second-order valence-electron chi connectivity index (χ2n) is 5.14. The van der Waals surface area contributed by atoms with Crippen molar-refractivity contribution in [1.82, 2.24) is 0 Å². The SMILES string of the molecule is CCC(CC)C(O)C1(C#N)CCC(C)C1. The first-order valence-corrected chi connectivity index (χ1v) is 6.19. The number of aliphatic hydroxyl groups is 1. The lowest BCUT2D eigenvalue weighted by molar-refractivity contribution is 0.0111. The van der Waals surface area contributed by atoms with Crippen LogP contribution >= 0.6 is 0 Å². The van der Waals surface area contributed by atoms with Gasteiger partial charge in [-0.1, -0.05) is 33.6 Å². The quantitative estimate of drug-likeness (QED) is 0.773. The maximum absolute atomic E-state index is 10.4. The third-order valence-electron chi connectivity index (χ3n) is 4.08. The molecule has 0 spiro atoms. The molecule has 0 heterocycles. The molecule has 0 aromatic carbocycles. The van der Waals surface area contributed by atoms with Gasteiger partial charge in [0.1, 0.15) is 0 Å². The zero-order valence-electron chi connectivity index (χ0n) is 10.2. The molecule has 15 heavy (non-hydrogen) atoms. The molecule has 1 saturated carbocycles. The average Bonchev–Trinajstić information content (AvgIpc) is 2.63. The summed E-state index contributed by atoms with van der Waals surface area (Å²) >= 11 is 0. The van der Waals surface area contributed by atoms with Crippen molar-refractivity contribution in [2.24, 2.45) is 17.3 Å². The number of rotatable bonds is 4. The Kier molecular flexibility index (Phi) is 4.16. The molecule has 3 unspecified atom stereocenters. The van der Waals surface area contributed by atoms with Gasteiger partial charge in [-0.25, -0.2) is 0 Å². The predicted molar refractivity (Wildman–Crippen MR) is 61.1 cm³/mol. The van der Waals surface area contributed by atoms with Crippen LogP contribution in [-0.4, -0.2) is 11.2 Å². The second-order valence-corrected chi connectivity index (χ2v) is 5.14. The third kappa shape index (κ3) is 2.34. The molecular formula is C13H23NO. The van der Waals surface area contributed by atoms with Gasteiger partial charge in [-0.15, -0.1) is 0 Å². The van der Waals surface area contributed by atoms with Crippen molar-refractivity contribution >= 4 is 0 Å². The van der Waals surface area contributed by atoms with E-state index >= 15 is 0 Å². The Hall–Kier alpha value is -0.550. The average molecular weight is 209 g/mol. The molecule has 0 aromatic rings. The Morgan fingerprint density at radius 3 is 2.40 bits per heavy atom. The lowest BCUT2D eigenvalue weighted by Gasteiger charge is -2.32. The number of nitriles is 1. The molecule has 1 N–H and O–H groups in total. The van der Waals surface area contributed by atoms with Crippen LogP contribution in [-0.2, 0) is 0 Å². The standard InChI is InChI=1S/C13H23NO/c1-4-11(5-2)12(15)13(9-14)7-6-10(3)8-13/h10-12,15H,4-8H2,1-3H3. The summed E-state index contributed by atoms with van der Waals surface area (Å²) in [6.45, 7) is 6.38. The molecule has 0 saturated heterocycles. The zero-order valence-corrected chi connectivity index (χ0v) is 10.2. The summed E-state index contributed by atoms with van der Waals surface area (Å²) in [6, 6.07) is 2.41. The van der Waals surface area contributed by atoms with E-state index in [1.807, 2.05) is 0 Å². The summed E-state index contributed by atoms with van der Waals surface area (Å²) in [5.41, 5.74) is -0.448. The summed E-state index contributed by atoms with van der Waals surface area (Å²) in [7, 11) is 0. The van der Waals surface area contributed by atoms with E-state index in [4.69, 9.17) is 0 Å². The van der Waals surface area contributed by atoms with Crippen molar-refractivity contribution in [3.05, 3.63) is 0 Å². The maximum atomic E-state index is 10.4. The fourth-order valence-electron chi connectivity index (χ4n) is 2.95. The van der Waals surface area contributed by atoms with Crippen molar-refractivity contribution in [2.45, 2.75) is 59.0 Å². The van der Waals surface area contributed by atoms with Crippen molar-refractivity contribution in [2.75, 3.05) is 0 Å². The van der Waals surface area contributed by atoms with Crippen LogP contribution in [0.3, 0.4) is 0 Å². The molecule has 0 aliphatic heterocycles. The first kappa shape index (κ1) is 12.5. The Morgan fingerprint density at radius 2 is 2.07 bits per heavy atom. The normalized spacial score (nSPS) is 32.9. The first-order chi connectivity index (χ1) is 7.09. The van der Waals surface area contributed by atoms with Gasteiger partial charge in [-0.3, -0.25) is 0 Å². The van der Waals surface area contributed by atoms with Gasteiger partial charge in [-0.2, -0.15) is 5.26 Å². The van der Waals surface area contributed by atoms with Crippen molar-refractivity contribution in [3.63, 3.8) is 0 Å². The van der Waals surface area contributed by atoms with Crippen LogP contribution in [0.4, 0.5) is 0 Å². The Balaban J connectivity index is 2.79. The van der Waals surface area contributed by atoms with E-state index in [-0.39, 0.29) is 5.92 Å². The molecule has 0 bridgehead atoms. The van der Waals surface area contributed by atoms with Gasteiger partial charge >= 0.3 is 0 Å². The van der Waals surface area contributed by atoms with Gasteiger partial charge in [0.05, 0.1) is 17.6 Å². The Labute approximate surface area is 93.3 Å². The minimum atomic E-state index is -0.448. The number of hydrogen-bond donors (Lipinski definition) is 1. The smallest absolute Gasteiger partial charge is 0.0837 e. The van der Waals surface area contributed by atoms with Crippen LogP contribution in [0.15, 0.2) is 0 Å². The number of aliphatic hydroxyl groups excluding tert-OH is 1. The van der Waals surface area contributed by atoms with Crippen molar-refractivity contribution in [3.8, 4) is 6.07 Å². The van der Waals surface area contributed by atoms with Crippen molar-refractivity contribution in [1.29, 1.82) is 5.26 Å². The molecule has 0 amide bonds. The Morgan fingerprint density at radius 1 is 1.47 bits per heavy atom. The van der Waals surface area contributed by atoms with E-state index in [0.717, 1.165) is 32.1 Å². The van der Waals surface area contributed by atoms with Crippen LogP contribution in [0.2, 0.25) is 0 Å². The summed E-state index contributed by atoms with van der Waals surface area (Å²) in [6.07, 6.45) is 4.35. The molecule has 1 rings (SSSR count). The molecule has 0 aromatic heterocycles. The fraction of sp³-hybridized carbons (Fsp3) is 0.923. The van der Waals surface area contributed by atoms with E-state index < -0.39 is 11.5 Å². The maximum Gasteiger partial charge on any atom is 0.0837 e. The van der Waals surface area contributed by atoms with Gasteiger partial charge in [0, 0.05) is 0 Å². The fourth-order valence-corrected chi connectivity index (χ4v) is 2.95. The van der Waals surface area contributed by atoms with E-state index in [1.54, 1.807) is 0 Å². The molecule has 3 atom stereocenters. The minimum absolute atomic E-state index is 0.287. The topological polar surface area (TPSA) is 44.0 Å². The van der Waals surface area contributed by atoms with Gasteiger partial charge < -0.3 is 5.11 Å². The summed E-state index contributed by atoms with van der Waals surface area (Å²) < 4.78 is 0. The highest BCUT2D eigenvalue weighted by molar-refractivity contribution is 5.08. The predicted octanol–water partition coefficient (Wildman–Crippen LogP) is 3.11. The van der Waals surface area contributed by atoms with Crippen LogP contribution in [0.1, 0.15) is 52.9 Å². The summed E-state index contributed by atoms with van der Waals surface area (Å²) in [5, 5.41) is 19.7. The van der Waals surface area contributed by atoms with Gasteiger partial charge in [-0.05, 0) is 31.1 Å². The molecule has 2 heteroatoms. The highest BCUT2D eigenvalue weighted by Crippen LogP contribution is 2.46. The zero-order chi connectivity index (χ0) is 11.5. The minimum Gasteiger partial charge on any atom is -0.391 e. The van der Waals surface area contributed by atoms with E-state index in [0.29, 0.717) is 5.92 Å². The lowest BCUT2D eigenvalue weighted by atomic mass is 9.74. The van der Waals surface area contributed by atoms with E-state index in [1.165, 1.54) is 0 Å². The van der Waals surface area contributed by atoms with Gasteiger partial charge in [0.15, 0.2) is 0 Å². The third-order valence-corrected chi connectivity index (χ3v) is 4.08. The molecule has 1 fully saturated rings. The highest BCUT2D eigenvalue weighted by Gasteiger charge is 2.45. The van der Waals surface area contributed by atoms with Gasteiger partial charge in [0.2, 0.25) is 0 Å². The van der Waals surface area contributed by atoms with Crippen LogP contribution in [0.5, 0.6) is 0 Å². The molecule has 1 aliphatic rings. The monoisotopic (exact) mass is 209 g/mol. The van der Waals surface area contributed by atoms with Crippen LogP contribution in [0, 0.1) is 28.6 Å². The second kappa shape index (κ2) is 4.99. The molecule has 2 nitrogen and oxygen atoms in total. The number of nitrogens with zero attached hydrogens (tertiary/aromatic N) is 1.